The lowest BCUT2D eigenvalue weighted by Gasteiger charge is -2.37. The first-order valence-electron chi connectivity index (χ1n) is 5.13. The molecule has 0 bridgehead atoms. The number of carbonyl (C=O) groups is 1. The van der Waals surface area contributed by atoms with Crippen molar-refractivity contribution in [1.29, 1.82) is 0 Å². The molecule has 1 fully saturated rings. The second kappa shape index (κ2) is 4.61. The van der Waals surface area contributed by atoms with Gasteiger partial charge in [0.1, 0.15) is 0 Å². The summed E-state index contributed by atoms with van der Waals surface area (Å²) in [5.41, 5.74) is 5.21. The Bertz CT molecular complexity index is 180. The number of nitrogens with zero attached hydrogens (tertiary/aromatic N) is 1. The van der Waals surface area contributed by atoms with E-state index in [4.69, 9.17) is 5.73 Å². The summed E-state index contributed by atoms with van der Waals surface area (Å²) in [4.78, 5) is 13.0. The molecule has 0 aliphatic carbocycles. The first kappa shape index (κ1) is 10.5. The molecule has 1 heterocycles. The Labute approximate surface area is 80.3 Å². The zero-order valence-corrected chi connectivity index (χ0v) is 8.62. The van der Waals surface area contributed by atoms with Crippen molar-refractivity contribution in [2.24, 2.45) is 11.7 Å². The van der Waals surface area contributed by atoms with Crippen molar-refractivity contribution in [3.8, 4) is 0 Å². The van der Waals surface area contributed by atoms with Crippen LogP contribution in [0.5, 0.6) is 0 Å². The maximum Gasteiger partial charge on any atom is 0.231 e. The van der Waals surface area contributed by atoms with Crippen LogP contribution in [0.1, 0.15) is 33.1 Å². The van der Waals surface area contributed by atoms with Gasteiger partial charge in [-0.1, -0.05) is 20.3 Å². The van der Waals surface area contributed by atoms with E-state index in [2.05, 4.69) is 18.7 Å². The van der Waals surface area contributed by atoms with E-state index in [0.717, 1.165) is 6.54 Å². The first-order chi connectivity index (χ1) is 6.11. The van der Waals surface area contributed by atoms with Crippen molar-refractivity contribution in [2.45, 2.75) is 39.2 Å². The Balaban J connectivity index is 2.51. The quantitative estimate of drug-likeness (QED) is 0.710. The van der Waals surface area contributed by atoms with Crippen molar-refractivity contribution >= 4 is 5.91 Å². The molecule has 3 nitrogen and oxygen atoms in total. The predicted octanol–water partition coefficient (Wildman–Crippen LogP) is 0.982. The van der Waals surface area contributed by atoms with Gasteiger partial charge < -0.3 is 5.73 Å². The van der Waals surface area contributed by atoms with Gasteiger partial charge in [-0.2, -0.15) is 0 Å². The summed E-state index contributed by atoms with van der Waals surface area (Å²) >= 11 is 0. The normalized spacial score (nSPS) is 25.0. The largest absolute Gasteiger partial charge is 0.369 e. The molecule has 0 aromatic carbocycles. The maximum absolute atomic E-state index is 10.8. The smallest absolute Gasteiger partial charge is 0.231 e. The molecule has 1 unspecified atom stereocenters. The Morgan fingerprint density at radius 2 is 2.23 bits per heavy atom. The fourth-order valence-electron chi connectivity index (χ4n) is 2.17. The van der Waals surface area contributed by atoms with Gasteiger partial charge in [0.05, 0.1) is 6.54 Å². The lowest BCUT2D eigenvalue weighted by Crippen LogP contribution is -2.46. The van der Waals surface area contributed by atoms with E-state index in [-0.39, 0.29) is 5.91 Å². The lowest BCUT2D eigenvalue weighted by molar-refractivity contribution is -0.120. The fourth-order valence-corrected chi connectivity index (χ4v) is 2.17. The summed E-state index contributed by atoms with van der Waals surface area (Å²) in [5.74, 6) is 0.423. The summed E-state index contributed by atoms with van der Waals surface area (Å²) in [6.07, 6.45) is 3.71. The van der Waals surface area contributed by atoms with Gasteiger partial charge in [0.2, 0.25) is 5.91 Å². The summed E-state index contributed by atoms with van der Waals surface area (Å²) in [5, 5.41) is 0. The van der Waals surface area contributed by atoms with E-state index < -0.39 is 0 Å². The zero-order valence-electron chi connectivity index (χ0n) is 8.62. The van der Waals surface area contributed by atoms with Crippen molar-refractivity contribution in [1.82, 2.24) is 4.90 Å². The van der Waals surface area contributed by atoms with Gasteiger partial charge >= 0.3 is 0 Å². The maximum atomic E-state index is 10.8. The van der Waals surface area contributed by atoms with Crippen LogP contribution < -0.4 is 5.73 Å². The summed E-state index contributed by atoms with van der Waals surface area (Å²) < 4.78 is 0. The molecule has 1 amide bonds. The van der Waals surface area contributed by atoms with Crippen LogP contribution in [0.2, 0.25) is 0 Å². The molecular weight excluding hydrogens is 164 g/mol. The molecule has 1 aliphatic rings. The SMILES string of the molecule is CC(C)C1CCCCN1CC(N)=O. The van der Waals surface area contributed by atoms with Crippen LogP contribution in [0.25, 0.3) is 0 Å². The number of piperidine rings is 1. The third-order valence-corrected chi connectivity index (χ3v) is 2.79. The molecule has 0 radical (unpaired) electrons. The Kier molecular flexibility index (Phi) is 3.72. The standard InChI is InChI=1S/C10H20N2O/c1-8(2)9-5-3-4-6-12(9)7-10(11)13/h8-9H,3-7H2,1-2H3,(H2,11,13). The molecule has 1 saturated heterocycles. The number of hydrogen-bond donors (Lipinski definition) is 1. The van der Waals surface area contributed by atoms with Gasteiger partial charge in [0.25, 0.3) is 0 Å². The number of amides is 1. The molecule has 1 atom stereocenters. The summed E-state index contributed by atoms with van der Waals surface area (Å²) in [6.45, 7) is 5.89. The van der Waals surface area contributed by atoms with Crippen LogP contribution in [-0.4, -0.2) is 29.9 Å². The van der Waals surface area contributed by atoms with Gasteiger partial charge in [-0.3, -0.25) is 9.69 Å². The van der Waals surface area contributed by atoms with Gasteiger partial charge in [-0.15, -0.1) is 0 Å². The topological polar surface area (TPSA) is 46.3 Å². The Hall–Kier alpha value is -0.570. The fraction of sp³-hybridized carbons (Fsp3) is 0.900. The van der Waals surface area contributed by atoms with E-state index in [0.29, 0.717) is 18.5 Å². The summed E-state index contributed by atoms with van der Waals surface area (Å²) in [6, 6.07) is 0.557. The van der Waals surface area contributed by atoms with Crippen molar-refractivity contribution in [2.75, 3.05) is 13.1 Å². The van der Waals surface area contributed by atoms with Crippen molar-refractivity contribution < 1.29 is 4.79 Å². The van der Waals surface area contributed by atoms with Crippen LogP contribution in [-0.2, 0) is 4.79 Å². The molecule has 0 saturated carbocycles. The molecule has 0 aromatic heterocycles. The highest BCUT2D eigenvalue weighted by molar-refractivity contribution is 5.75. The molecule has 0 aromatic rings. The average Bonchev–Trinajstić information content (AvgIpc) is 2.03. The zero-order chi connectivity index (χ0) is 9.84. The van der Waals surface area contributed by atoms with Gasteiger partial charge in [0, 0.05) is 6.04 Å². The molecule has 2 N–H and O–H groups in total. The van der Waals surface area contributed by atoms with Gasteiger partial charge in [-0.05, 0) is 25.3 Å². The van der Waals surface area contributed by atoms with E-state index in [1.54, 1.807) is 0 Å². The van der Waals surface area contributed by atoms with E-state index in [1.807, 2.05) is 0 Å². The molecular formula is C10H20N2O. The highest BCUT2D eigenvalue weighted by Gasteiger charge is 2.25. The van der Waals surface area contributed by atoms with Gasteiger partial charge in [-0.25, -0.2) is 0 Å². The van der Waals surface area contributed by atoms with Crippen LogP contribution in [0.15, 0.2) is 0 Å². The predicted molar refractivity (Wildman–Crippen MR) is 53.2 cm³/mol. The van der Waals surface area contributed by atoms with E-state index in [9.17, 15) is 4.79 Å². The lowest BCUT2D eigenvalue weighted by atomic mass is 9.93. The third-order valence-electron chi connectivity index (χ3n) is 2.79. The van der Waals surface area contributed by atoms with E-state index >= 15 is 0 Å². The van der Waals surface area contributed by atoms with Crippen LogP contribution >= 0.6 is 0 Å². The Morgan fingerprint density at radius 3 is 2.77 bits per heavy atom. The second-order valence-electron chi connectivity index (χ2n) is 4.24. The number of nitrogens with two attached hydrogens (primary N) is 1. The molecule has 1 aliphatic heterocycles. The number of carbonyl (C=O) groups excluding carboxylic acids is 1. The van der Waals surface area contributed by atoms with Crippen molar-refractivity contribution in [3.63, 3.8) is 0 Å². The minimum absolute atomic E-state index is 0.201. The third kappa shape index (κ3) is 2.99. The molecule has 1 rings (SSSR count). The van der Waals surface area contributed by atoms with Crippen LogP contribution in [0.3, 0.4) is 0 Å². The number of likely N-dealkylation sites (tertiary alicyclic amines) is 1. The van der Waals surface area contributed by atoms with Crippen LogP contribution in [0.4, 0.5) is 0 Å². The molecule has 3 heteroatoms. The second-order valence-corrected chi connectivity index (χ2v) is 4.24. The van der Waals surface area contributed by atoms with Crippen molar-refractivity contribution in [3.05, 3.63) is 0 Å². The number of hydrogen-bond acceptors (Lipinski definition) is 2. The summed E-state index contributed by atoms with van der Waals surface area (Å²) in [7, 11) is 0. The highest BCUT2D eigenvalue weighted by Crippen LogP contribution is 2.22. The van der Waals surface area contributed by atoms with E-state index in [1.165, 1.54) is 19.3 Å². The van der Waals surface area contributed by atoms with Crippen LogP contribution in [0, 0.1) is 5.92 Å². The highest BCUT2D eigenvalue weighted by atomic mass is 16.1. The number of primary amides is 1. The Morgan fingerprint density at radius 1 is 1.54 bits per heavy atom. The number of rotatable bonds is 3. The molecule has 13 heavy (non-hydrogen) atoms. The monoisotopic (exact) mass is 184 g/mol. The van der Waals surface area contributed by atoms with Gasteiger partial charge in [0.15, 0.2) is 0 Å². The molecule has 76 valence electrons. The minimum atomic E-state index is -0.201. The first-order valence-corrected chi connectivity index (χ1v) is 5.13. The average molecular weight is 184 g/mol. The minimum Gasteiger partial charge on any atom is -0.369 e. The molecule has 0 spiro atoms.